The molecular formula is C40H44O13. The molecule has 282 valence electrons. The number of cyclic esters (lactones) is 3. The molecule has 2 heterocycles. The quantitative estimate of drug-likeness (QED) is 0.173. The van der Waals surface area contributed by atoms with Crippen molar-refractivity contribution in [2.45, 2.75) is 83.5 Å². The summed E-state index contributed by atoms with van der Waals surface area (Å²) in [6.45, 7) is 6.15. The molecular weight excluding hydrogens is 688 g/mol. The minimum absolute atomic E-state index is 0.00140. The van der Waals surface area contributed by atoms with Crippen molar-refractivity contribution in [1.29, 1.82) is 0 Å². The van der Waals surface area contributed by atoms with Gasteiger partial charge in [0.25, 0.3) is 0 Å². The van der Waals surface area contributed by atoms with Crippen LogP contribution >= 0.6 is 0 Å². The van der Waals surface area contributed by atoms with Crippen molar-refractivity contribution in [1.82, 2.24) is 0 Å². The van der Waals surface area contributed by atoms with Gasteiger partial charge in [-0.1, -0.05) is 19.4 Å². The number of rotatable bonds is 1. The number of aliphatic hydroxyl groups is 2. The summed E-state index contributed by atoms with van der Waals surface area (Å²) in [5.74, 6) is -6.30. The van der Waals surface area contributed by atoms with Gasteiger partial charge >= 0.3 is 29.8 Å². The zero-order chi connectivity index (χ0) is 37.7. The minimum atomic E-state index is -1.51. The summed E-state index contributed by atoms with van der Waals surface area (Å²) < 4.78 is 28.4. The number of hydrogen-bond donors (Lipinski definition) is 2. The first-order valence-corrected chi connectivity index (χ1v) is 18.6. The van der Waals surface area contributed by atoms with Crippen molar-refractivity contribution in [3.8, 4) is 0 Å². The Kier molecular flexibility index (Phi) is 7.19. The van der Waals surface area contributed by atoms with E-state index in [1.54, 1.807) is 6.92 Å². The molecule has 53 heavy (non-hydrogen) atoms. The lowest BCUT2D eigenvalue weighted by atomic mass is 9.42. The van der Waals surface area contributed by atoms with Crippen molar-refractivity contribution < 1.29 is 62.7 Å². The smallest absolute Gasteiger partial charge is 0.338 e. The number of esters is 5. The average Bonchev–Trinajstić information content (AvgIpc) is 4.04. The molecule has 0 aromatic heterocycles. The van der Waals surface area contributed by atoms with Gasteiger partial charge in [-0.15, -0.1) is 0 Å². The van der Waals surface area contributed by atoms with Gasteiger partial charge in [0.2, 0.25) is 0 Å². The lowest BCUT2D eigenvalue weighted by molar-refractivity contribution is -0.191. The maximum absolute atomic E-state index is 14.6. The second-order valence-electron chi connectivity index (χ2n) is 17.3. The molecule has 0 saturated heterocycles. The minimum Gasteiger partial charge on any atom is -0.466 e. The van der Waals surface area contributed by atoms with Crippen LogP contribution in [-0.4, -0.2) is 90.1 Å². The number of fused-ring (bicyclic) bond motifs is 7. The van der Waals surface area contributed by atoms with Crippen LogP contribution in [0.4, 0.5) is 0 Å². The van der Waals surface area contributed by atoms with Crippen molar-refractivity contribution in [2.24, 2.45) is 52.3 Å². The van der Waals surface area contributed by atoms with Crippen LogP contribution in [0, 0.1) is 52.3 Å². The molecule has 2 N–H and O–H groups in total. The predicted molar refractivity (Wildman–Crippen MR) is 179 cm³/mol. The number of ketones is 1. The highest BCUT2D eigenvalue weighted by Crippen LogP contribution is 2.83. The van der Waals surface area contributed by atoms with Gasteiger partial charge in [0.05, 0.1) is 31.4 Å². The first-order chi connectivity index (χ1) is 25.0. The molecule has 9 rings (SSSR count). The Morgan fingerprint density at radius 2 is 1.62 bits per heavy atom. The number of hydrogen-bond acceptors (Lipinski definition) is 13. The predicted octanol–water partition coefficient (Wildman–Crippen LogP) is 2.38. The zero-order valence-electron chi connectivity index (χ0n) is 30.4. The maximum Gasteiger partial charge on any atom is 0.338 e. The molecule has 0 amide bonds. The number of ether oxygens (including phenoxy) is 5. The number of allylic oxidation sites excluding steroid dienone is 1. The Balaban J connectivity index is 1.26. The standard InChI is InChI=1S/C40H44O13/c1-16-8-29(43)52-15-39(48)24-11-23(24)37(3)25(39)12-22-20(14-51-28(42)7-6-27(41)50-13-16)36(47)53-40(22)26(37)10-19-18-9-21(18)38(4)31(19)32(40)30(33(44)34(38)45)17(2)35(46)49-5/h8,18,21,23-26,32,34,45,48H,6-7,9-15H2,1-5H3/b16-8+,30-17+/t18-,21-,23+,24-,25-,26+,32+,34-,37-,38-,39+,40+/m1/s1. The van der Waals surface area contributed by atoms with E-state index in [1.165, 1.54) is 20.1 Å². The van der Waals surface area contributed by atoms with Gasteiger partial charge < -0.3 is 33.9 Å². The summed E-state index contributed by atoms with van der Waals surface area (Å²) in [4.78, 5) is 80.7. The van der Waals surface area contributed by atoms with Crippen molar-refractivity contribution in [3.63, 3.8) is 0 Å². The maximum atomic E-state index is 14.6. The monoisotopic (exact) mass is 732 g/mol. The molecule has 2 bridgehead atoms. The topological polar surface area (TPSA) is 189 Å². The van der Waals surface area contributed by atoms with E-state index in [0.717, 1.165) is 17.6 Å². The highest BCUT2D eigenvalue weighted by atomic mass is 16.6. The molecule has 13 heteroatoms. The van der Waals surface area contributed by atoms with E-state index < -0.39 is 88.1 Å². The SMILES string of the molecule is COC(=O)/C(C)=C1/C(=O)[C@@H](O)[C@@]2(C)C3=C(C[C@@H]4[C@]5(OC(=O)C6=C5C[C@H]5[C@](O)(COC(=O)/C=C(\C)COC(=O)CCC(=O)OC6)[C@@H]6C[C@@H]6[C@@]45C)[C@H]31)[C@H]1C[C@H]12. The number of carbonyl (C=O) groups is 6. The van der Waals surface area contributed by atoms with Crippen LogP contribution in [0.2, 0.25) is 0 Å². The fraction of sp³-hybridized carbons (Fsp3) is 0.650. The van der Waals surface area contributed by atoms with E-state index in [4.69, 9.17) is 23.7 Å². The third-order valence-electron chi connectivity index (χ3n) is 15.1. The third kappa shape index (κ3) is 4.26. The zero-order valence-corrected chi connectivity index (χ0v) is 30.4. The van der Waals surface area contributed by atoms with Gasteiger partial charge in [0.1, 0.15) is 37.1 Å². The summed E-state index contributed by atoms with van der Waals surface area (Å²) in [6, 6.07) is 0. The molecule has 5 fully saturated rings. The van der Waals surface area contributed by atoms with E-state index >= 15 is 0 Å². The Labute approximate surface area is 305 Å². The highest BCUT2D eigenvalue weighted by Gasteiger charge is 2.84. The fourth-order valence-corrected chi connectivity index (χ4v) is 12.7. The van der Waals surface area contributed by atoms with E-state index in [1.807, 2.05) is 6.92 Å². The largest absolute Gasteiger partial charge is 0.466 e. The van der Waals surface area contributed by atoms with E-state index in [-0.39, 0.29) is 72.9 Å². The molecule has 0 aromatic carbocycles. The van der Waals surface area contributed by atoms with E-state index in [0.29, 0.717) is 24.0 Å². The lowest BCUT2D eigenvalue weighted by Crippen LogP contribution is -2.67. The second kappa shape index (κ2) is 11.0. The first-order valence-electron chi connectivity index (χ1n) is 18.6. The molecule has 5 saturated carbocycles. The van der Waals surface area contributed by atoms with Crippen LogP contribution in [0.3, 0.4) is 0 Å². The van der Waals surface area contributed by atoms with Crippen molar-refractivity contribution in [2.75, 3.05) is 26.9 Å². The Hall–Kier alpha value is -4.10. The summed E-state index contributed by atoms with van der Waals surface area (Å²) >= 11 is 0. The molecule has 0 aromatic rings. The van der Waals surface area contributed by atoms with Crippen LogP contribution in [0.25, 0.3) is 0 Å². The second-order valence-corrected chi connectivity index (χ2v) is 17.3. The Bertz CT molecular complexity index is 1970. The number of aliphatic hydroxyl groups excluding tert-OH is 1. The van der Waals surface area contributed by atoms with Gasteiger partial charge in [-0.3, -0.25) is 14.4 Å². The Morgan fingerprint density at radius 1 is 0.925 bits per heavy atom. The van der Waals surface area contributed by atoms with Gasteiger partial charge in [0.15, 0.2) is 5.78 Å². The molecule has 0 radical (unpaired) electrons. The first kappa shape index (κ1) is 34.7. The molecule has 7 aliphatic carbocycles. The van der Waals surface area contributed by atoms with Crippen LogP contribution in [0.5, 0.6) is 0 Å². The summed E-state index contributed by atoms with van der Waals surface area (Å²) in [6.07, 6.45) is 1.22. The molecule has 13 nitrogen and oxygen atoms in total. The van der Waals surface area contributed by atoms with Gasteiger partial charge in [-0.2, -0.15) is 0 Å². The summed E-state index contributed by atoms with van der Waals surface area (Å²) in [5.41, 5.74) is -1.65. The number of Topliss-reactive ketones (excluding diaryl/α,β-unsaturated/α-hetero) is 1. The molecule has 12 atom stereocenters. The third-order valence-corrected chi connectivity index (χ3v) is 15.1. The normalized spacial score (nSPS) is 47.3. The molecule has 0 unspecified atom stereocenters. The molecule has 9 aliphatic rings. The van der Waals surface area contributed by atoms with Crippen LogP contribution in [0.15, 0.2) is 45.1 Å². The highest BCUT2D eigenvalue weighted by molar-refractivity contribution is 6.09. The lowest BCUT2D eigenvalue weighted by Gasteiger charge is -2.63. The Morgan fingerprint density at radius 3 is 2.32 bits per heavy atom. The van der Waals surface area contributed by atoms with E-state index in [9.17, 15) is 39.0 Å². The average molecular weight is 733 g/mol. The van der Waals surface area contributed by atoms with Gasteiger partial charge in [-0.25, -0.2) is 14.4 Å². The van der Waals surface area contributed by atoms with Crippen molar-refractivity contribution in [3.05, 3.63) is 45.1 Å². The van der Waals surface area contributed by atoms with Gasteiger partial charge in [-0.05, 0) is 85.3 Å². The molecule has 1 spiro atoms. The van der Waals surface area contributed by atoms with Gasteiger partial charge in [0, 0.05) is 34.5 Å². The van der Waals surface area contributed by atoms with E-state index in [2.05, 4.69) is 6.92 Å². The number of methoxy groups -OCH3 is 1. The van der Waals surface area contributed by atoms with Crippen LogP contribution in [-0.2, 0) is 52.5 Å². The summed E-state index contributed by atoms with van der Waals surface area (Å²) in [5, 5.41) is 24.6. The number of carbonyl (C=O) groups excluding carboxylic acids is 6. The van der Waals surface area contributed by atoms with Crippen LogP contribution in [0.1, 0.15) is 66.2 Å². The van der Waals surface area contributed by atoms with Crippen LogP contribution < -0.4 is 0 Å². The summed E-state index contributed by atoms with van der Waals surface area (Å²) in [7, 11) is 1.22. The fourth-order valence-electron chi connectivity index (χ4n) is 12.7. The molecule has 2 aliphatic heterocycles. The van der Waals surface area contributed by atoms with Crippen molar-refractivity contribution >= 4 is 35.6 Å².